The summed E-state index contributed by atoms with van der Waals surface area (Å²) in [6.07, 6.45) is -6.63. The highest BCUT2D eigenvalue weighted by molar-refractivity contribution is 5.84. The molecule has 0 unspecified atom stereocenters. The zero-order valence-electron chi connectivity index (χ0n) is 7.31. The molecule has 0 saturated heterocycles. The highest BCUT2D eigenvalue weighted by Gasteiger charge is 2.63. The first-order chi connectivity index (χ1) is 6.64. The Morgan fingerprint density at radius 3 is 2.00 bits per heavy atom. The van der Waals surface area contributed by atoms with Crippen molar-refractivity contribution >= 4 is 5.91 Å². The van der Waals surface area contributed by atoms with Crippen LogP contribution in [0.1, 0.15) is 12.8 Å². The molecule has 3 nitrogen and oxygen atoms in total. The van der Waals surface area contributed by atoms with E-state index in [0.717, 1.165) is 0 Å². The van der Waals surface area contributed by atoms with Crippen molar-refractivity contribution in [3.05, 3.63) is 0 Å². The number of aliphatic hydroxyl groups excluding tert-OH is 1. The number of alkyl halides is 5. The highest BCUT2D eigenvalue weighted by atomic mass is 19.4. The number of rotatable bonds is 2. The second kappa shape index (κ2) is 3.58. The zero-order chi connectivity index (χ0) is 11.9. The van der Waals surface area contributed by atoms with Crippen LogP contribution < -0.4 is 5.32 Å². The standard InChI is InChI=1S/C7H8F5NO2/c8-6(9,7(10,11)12)5(15)13-3-1-4(14)2-3/h3-4,14H,1-2H2,(H,13,15). The number of nitrogens with one attached hydrogen (secondary N) is 1. The van der Waals surface area contributed by atoms with Crippen molar-refractivity contribution in [2.75, 3.05) is 0 Å². The maximum Gasteiger partial charge on any atom is 0.463 e. The lowest BCUT2D eigenvalue weighted by atomic mass is 9.89. The fourth-order valence-corrected chi connectivity index (χ4v) is 1.11. The van der Waals surface area contributed by atoms with E-state index in [-0.39, 0.29) is 12.8 Å². The summed E-state index contributed by atoms with van der Waals surface area (Å²) in [6, 6.07) is -0.805. The second-order valence-electron chi connectivity index (χ2n) is 3.37. The van der Waals surface area contributed by atoms with Crippen LogP contribution in [0.15, 0.2) is 0 Å². The van der Waals surface area contributed by atoms with Crippen LogP contribution in [0.2, 0.25) is 0 Å². The van der Waals surface area contributed by atoms with E-state index in [9.17, 15) is 26.7 Å². The summed E-state index contributed by atoms with van der Waals surface area (Å²) in [5.41, 5.74) is 0. The molecule has 0 aromatic heterocycles. The molecule has 0 heterocycles. The maximum absolute atomic E-state index is 12.3. The molecule has 0 radical (unpaired) electrons. The Labute approximate surface area is 81.3 Å². The normalized spacial score (nSPS) is 27.1. The largest absolute Gasteiger partial charge is 0.463 e. The Hall–Kier alpha value is -0.920. The minimum Gasteiger partial charge on any atom is -0.393 e. The molecule has 0 aromatic carbocycles. The predicted molar refractivity (Wildman–Crippen MR) is 38.2 cm³/mol. The SMILES string of the molecule is O=C(NC1CC(O)C1)C(F)(F)C(F)(F)F. The van der Waals surface area contributed by atoms with Gasteiger partial charge in [-0.05, 0) is 12.8 Å². The molecule has 15 heavy (non-hydrogen) atoms. The fourth-order valence-electron chi connectivity index (χ4n) is 1.11. The zero-order valence-corrected chi connectivity index (χ0v) is 7.31. The molecule has 0 bridgehead atoms. The van der Waals surface area contributed by atoms with Gasteiger partial charge < -0.3 is 10.4 Å². The molecule has 1 amide bonds. The lowest BCUT2D eigenvalue weighted by Crippen LogP contribution is -2.56. The third-order valence-electron chi connectivity index (χ3n) is 2.09. The van der Waals surface area contributed by atoms with Crippen molar-refractivity contribution in [3.63, 3.8) is 0 Å². The summed E-state index contributed by atoms with van der Waals surface area (Å²) < 4.78 is 59.7. The smallest absolute Gasteiger partial charge is 0.393 e. The van der Waals surface area contributed by atoms with Crippen molar-refractivity contribution < 1.29 is 31.9 Å². The van der Waals surface area contributed by atoms with Crippen LogP contribution in [0.3, 0.4) is 0 Å². The van der Waals surface area contributed by atoms with Crippen LogP contribution in [0.25, 0.3) is 0 Å². The summed E-state index contributed by atoms with van der Waals surface area (Å²) >= 11 is 0. The molecule has 1 saturated carbocycles. The van der Waals surface area contributed by atoms with Gasteiger partial charge in [0.25, 0.3) is 0 Å². The molecule has 2 N–H and O–H groups in total. The number of amides is 1. The maximum atomic E-state index is 12.3. The first-order valence-corrected chi connectivity index (χ1v) is 4.08. The Morgan fingerprint density at radius 1 is 1.20 bits per heavy atom. The summed E-state index contributed by atoms with van der Waals surface area (Å²) in [5.74, 6) is -7.75. The van der Waals surface area contributed by atoms with Crippen LogP contribution in [0, 0.1) is 0 Å². The van der Waals surface area contributed by atoms with Gasteiger partial charge in [0, 0.05) is 6.04 Å². The van der Waals surface area contributed by atoms with Gasteiger partial charge in [-0.2, -0.15) is 22.0 Å². The van der Waals surface area contributed by atoms with Gasteiger partial charge in [-0.3, -0.25) is 4.79 Å². The molecule has 0 atom stereocenters. The Morgan fingerprint density at radius 2 is 1.67 bits per heavy atom. The number of aliphatic hydroxyl groups is 1. The van der Waals surface area contributed by atoms with Crippen molar-refractivity contribution in [2.45, 2.75) is 37.1 Å². The molecule has 1 aliphatic carbocycles. The Balaban J connectivity index is 2.53. The van der Waals surface area contributed by atoms with Gasteiger partial charge in [-0.1, -0.05) is 0 Å². The first-order valence-electron chi connectivity index (χ1n) is 4.08. The molecular formula is C7H8F5NO2. The summed E-state index contributed by atoms with van der Waals surface area (Å²) in [7, 11) is 0. The average molecular weight is 233 g/mol. The average Bonchev–Trinajstić information content (AvgIpc) is 1.99. The fraction of sp³-hybridized carbons (Fsp3) is 0.857. The number of hydrogen-bond acceptors (Lipinski definition) is 2. The lowest BCUT2D eigenvalue weighted by Gasteiger charge is -2.33. The highest BCUT2D eigenvalue weighted by Crippen LogP contribution is 2.36. The van der Waals surface area contributed by atoms with Gasteiger partial charge >= 0.3 is 18.0 Å². The molecule has 88 valence electrons. The van der Waals surface area contributed by atoms with Crippen LogP contribution >= 0.6 is 0 Å². The molecule has 1 aliphatic rings. The van der Waals surface area contributed by atoms with E-state index in [2.05, 4.69) is 0 Å². The van der Waals surface area contributed by atoms with E-state index in [1.807, 2.05) is 0 Å². The van der Waals surface area contributed by atoms with Gasteiger partial charge in [0.1, 0.15) is 0 Å². The van der Waals surface area contributed by atoms with Gasteiger partial charge in [0.2, 0.25) is 0 Å². The Kier molecular flexibility index (Phi) is 2.90. The van der Waals surface area contributed by atoms with Crippen LogP contribution in [0.4, 0.5) is 22.0 Å². The monoisotopic (exact) mass is 233 g/mol. The first kappa shape index (κ1) is 12.2. The van der Waals surface area contributed by atoms with Crippen LogP contribution in [-0.4, -0.2) is 35.3 Å². The van der Waals surface area contributed by atoms with Crippen molar-refractivity contribution in [3.8, 4) is 0 Å². The minimum absolute atomic E-state index is 0.000320. The van der Waals surface area contributed by atoms with Gasteiger partial charge in [-0.15, -0.1) is 0 Å². The number of hydrogen-bond donors (Lipinski definition) is 2. The van der Waals surface area contributed by atoms with E-state index in [1.165, 1.54) is 5.32 Å². The van der Waals surface area contributed by atoms with E-state index in [0.29, 0.717) is 0 Å². The van der Waals surface area contributed by atoms with Crippen molar-refractivity contribution in [2.24, 2.45) is 0 Å². The van der Waals surface area contributed by atoms with E-state index in [4.69, 9.17) is 5.11 Å². The predicted octanol–water partition coefficient (Wildman–Crippen LogP) is 0.823. The minimum atomic E-state index is -5.89. The number of carbonyl (C=O) groups is 1. The molecular weight excluding hydrogens is 225 g/mol. The van der Waals surface area contributed by atoms with Crippen molar-refractivity contribution in [1.82, 2.24) is 5.32 Å². The van der Waals surface area contributed by atoms with Gasteiger partial charge in [0.15, 0.2) is 0 Å². The molecule has 0 aromatic rings. The molecule has 0 aliphatic heterocycles. The molecule has 0 spiro atoms. The quantitative estimate of drug-likeness (QED) is 0.694. The van der Waals surface area contributed by atoms with E-state index in [1.54, 1.807) is 0 Å². The van der Waals surface area contributed by atoms with Gasteiger partial charge in [0.05, 0.1) is 6.10 Å². The molecule has 1 rings (SSSR count). The Bertz CT molecular complexity index is 259. The van der Waals surface area contributed by atoms with E-state index < -0.39 is 30.2 Å². The summed E-state index contributed by atoms with van der Waals surface area (Å²) in [6.45, 7) is 0. The second-order valence-corrected chi connectivity index (χ2v) is 3.37. The summed E-state index contributed by atoms with van der Waals surface area (Å²) in [4.78, 5) is 10.6. The molecule has 1 fully saturated rings. The van der Waals surface area contributed by atoms with E-state index >= 15 is 0 Å². The summed E-state index contributed by atoms with van der Waals surface area (Å²) in [5, 5.41) is 10.3. The number of halogens is 5. The van der Waals surface area contributed by atoms with Crippen LogP contribution in [-0.2, 0) is 4.79 Å². The molecule has 8 heteroatoms. The van der Waals surface area contributed by atoms with Gasteiger partial charge in [-0.25, -0.2) is 0 Å². The van der Waals surface area contributed by atoms with Crippen molar-refractivity contribution in [1.29, 1.82) is 0 Å². The number of carbonyl (C=O) groups excluding carboxylic acids is 1. The topological polar surface area (TPSA) is 49.3 Å². The third kappa shape index (κ3) is 2.36. The van der Waals surface area contributed by atoms with Crippen LogP contribution in [0.5, 0.6) is 0 Å². The third-order valence-corrected chi connectivity index (χ3v) is 2.09. The lowest BCUT2D eigenvalue weighted by molar-refractivity contribution is -0.270.